The van der Waals surface area contributed by atoms with Gasteiger partial charge in [-0.3, -0.25) is 4.79 Å². The van der Waals surface area contributed by atoms with Crippen molar-refractivity contribution < 1.29 is 9.47 Å². The number of benzene rings is 2. The summed E-state index contributed by atoms with van der Waals surface area (Å²) in [4.78, 5) is 19.5. The Hall–Kier alpha value is -3.25. The summed E-state index contributed by atoms with van der Waals surface area (Å²) >= 11 is 6.19. The Bertz CT molecular complexity index is 1220. The molecule has 0 saturated carbocycles. The molecule has 4 aromatic rings. The summed E-state index contributed by atoms with van der Waals surface area (Å²) in [5, 5.41) is 6.03. The van der Waals surface area contributed by atoms with Crippen molar-refractivity contribution >= 4 is 44.8 Å². The van der Waals surface area contributed by atoms with Gasteiger partial charge in [0.25, 0.3) is 5.56 Å². The van der Waals surface area contributed by atoms with Gasteiger partial charge in [0.05, 0.1) is 30.6 Å². The minimum Gasteiger partial charge on any atom is -0.495 e. The number of nitrogens with zero attached hydrogens (tertiary/aromatic N) is 1. The van der Waals surface area contributed by atoms with Crippen LogP contribution in [0.4, 0.5) is 11.4 Å². The number of aromatic amines is 1. The lowest BCUT2D eigenvalue weighted by molar-refractivity contribution is 0.405. The van der Waals surface area contributed by atoms with E-state index < -0.39 is 0 Å². The highest BCUT2D eigenvalue weighted by atomic mass is 35.5. The third-order valence-electron chi connectivity index (χ3n) is 4.37. The van der Waals surface area contributed by atoms with Crippen molar-refractivity contribution in [3.05, 3.63) is 64.0 Å². The van der Waals surface area contributed by atoms with E-state index in [0.717, 1.165) is 16.5 Å². The van der Waals surface area contributed by atoms with E-state index in [-0.39, 0.29) is 5.56 Å². The van der Waals surface area contributed by atoms with Crippen molar-refractivity contribution in [3.63, 3.8) is 0 Å². The number of halogens is 1. The SMILES string of the molecule is COc1cc(Nc2ccnc3[nH]c(=O)c4ccccc4c23)c(OC)cc1Cl. The first-order valence-electron chi connectivity index (χ1n) is 8.20. The number of methoxy groups -OCH3 is 2. The lowest BCUT2D eigenvalue weighted by Crippen LogP contribution is -2.08. The Morgan fingerprint density at radius 2 is 1.74 bits per heavy atom. The number of anilines is 2. The Morgan fingerprint density at radius 3 is 2.48 bits per heavy atom. The topological polar surface area (TPSA) is 76.2 Å². The van der Waals surface area contributed by atoms with Crippen LogP contribution in [0.25, 0.3) is 21.8 Å². The van der Waals surface area contributed by atoms with Gasteiger partial charge in [0.15, 0.2) is 0 Å². The molecule has 2 N–H and O–H groups in total. The second-order valence-electron chi connectivity index (χ2n) is 5.89. The van der Waals surface area contributed by atoms with Crippen LogP contribution in [0.1, 0.15) is 0 Å². The molecule has 0 unspecified atom stereocenters. The van der Waals surface area contributed by atoms with E-state index in [0.29, 0.717) is 33.2 Å². The number of nitrogens with one attached hydrogen (secondary N) is 2. The fourth-order valence-corrected chi connectivity index (χ4v) is 3.34. The smallest absolute Gasteiger partial charge is 0.257 e. The number of rotatable bonds is 4. The molecule has 0 atom stereocenters. The monoisotopic (exact) mass is 381 g/mol. The quantitative estimate of drug-likeness (QED) is 0.509. The number of ether oxygens (including phenoxy) is 2. The molecule has 0 aliphatic carbocycles. The Labute approximate surface area is 159 Å². The van der Waals surface area contributed by atoms with Gasteiger partial charge in [0.2, 0.25) is 0 Å². The largest absolute Gasteiger partial charge is 0.495 e. The van der Waals surface area contributed by atoms with E-state index in [9.17, 15) is 4.79 Å². The Balaban J connectivity index is 1.96. The minimum absolute atomic E-state index is 0.173. The minimum atomic E-state index is -0.173. The molecule has 0 saturated heterocycles. The van der Waals surface area contributed by atoms with Crippen LogP contribution in [0.2, 0.25) is 5.02 Å². The molecule has 0 aliphatic heterocycles. The molecule has 0 aliphatic rings. The maximum absolute atomic E-state index is 12.3. The van der Waals surface area contributed by atoms with E-state index in [1.807, 2.05) is 24.3 Å². The van der Waals surface area contributed by atoms with Crippen molar-refractivity contribution in [3.8, 4) is 11.5 Å². The standard InChI is InChI=1S/C20H16ClN3O3/c1-26-16-10-15(17(27-2)9-13(16)21)23-14-7-8-22-19-18(14)11-5-3-4-6-12(11)20(25)24-19/h3-10H,1-2H3,(H2,22,23,24,25). The molecule has 0 amide bonds. The highest BCUT2D eigenvalue weighted by molar-refractivity contribution is 6.32. The summed E-state index contributed by atoms with van der Waals surface area (Å²) in [6.45, 7) is 0. The van der Waals surface area contributed by atoms with Crippen LogP contribution < -0.4 is 20.3 Å². The third-order valence-corrected chi connectivity index (χ3v) is 4.66. The van der Waals surface area contributed by atoms with Crippen LogP contribution in [0.3, 0.4) is 0 Å². The molecular formula is C20H16ClN3O3. The normalized spacial score (nSPS) is 10.9. The molecular weight excluding hydrogens is 366 g/mol. The number of aromatic nitrogens is 2. The zero-order chi connectivity index (χ0) is 19.0. The van der Waals surface area contributed by atoms with Gasteiger partial charge in [-0.05, 0) is 12.1 Å². The zero-order valence-corrected chi connectivity index (χ0v) is 15.4. The molecule has 6 nitrogen and oxygen atoms in total. The summed E-state index contributed by atoms with van der Waals surface area (Å²) in [5.41, 5.74) is 1.79. The summed E-state index contributed by atoms with van der Waals surface area (Å²) in [6, 6.07) is 12.7. The number of hydrogen-bond donors (Lipinski definition) is 2. The van der Waals surface area contributed by atoms with Gasteiger partial charge in [-0.2, -0.15) is 0 Å². The number of fused-ring (bicyclic) bond motifs is 3. The number of H-pyrrole nitrogens is 1. The summed E-state index contributed by atoms with van der Waals surface area (Å²) in [5.74, 6) is 1.09. The van der Waals surface area contributed by atoms with E-state index in [1.165, 1.54) is 0 Å². The van der Waals surface area contributed by atoms with Gasteiger partial charge in [-0.15, -0.1) is 0 Å². The average molecular weight is 382 g/mol. The molecule has 2 aromatic carbocycles. The molecule has 0 fully saturated rings. The predicted molar refractivity (Wildman–Crippen MR) is 108 cm³/mol. The van der Waals surface area contributed by atoms with Gasteiger partial charge in [0, 0.05) is 34.5 Å². The van der Waals surface area contributed by atoms with Crippen LogP contribution in [0, 0.1) is 0 Å². The molecule has 0 bridgehead atoms. The van der Waals surface area contributed by atoms with Gasteiger partial charge in [-0.1, -0.05) is 29.8 Å². The molecule has 136 valence electrons. The second kappa shape index (κ2) is 6.81. The first-order chi connectivity index (χ1) is 13.1. The van der Waals surface area contributed by atoms with Crippen LogP contribution in [0.15, 0.2) is 53.5 Å². The van der Waals surface area contributed by atoms with E-state index in [4.69, 9.17) is 21.1 Å². The molecule has 4 rings (SSSR count). The maximum Gasteiger partial charge on any atom is 0.257 e. The lowest BCUT2D eigenvalue weighted by Gasteiger charge is -2.16. The maximum atomic E-state index is 12.3. The molecule has 27 heavy (non-hydrogen) atoms. The molecule has 2 heterocycles. The van der Waals surface area contributed by atoms with E-state index in [1.54, 1.807) is 38.6 Å². The highest BCUT2D eigenvalue weighted by Crippen LogP contribution is 2.39. The van der Waals surface area contributed by atoms with Gasteiger partial charge in [0.1, 0.15) is 17.1 Å². The van der Waals surface area contributed by atoms with E-state index in [2.05, 4.69) is 15.3 Å². The highest BCUT2D eigenvalue weighted by Gasteiger charge is 2.14. The van der Waals surface area contributed by atoms with Gasteiger partial charge < -0.3 is 19.8 Å². The molecule has 0 spiro atoms. The number of pyridine rings is 2. The third kappa shape index (κ3) is 2.94. The average Bonchev–Trinajstić information content (AvgIpc) is 2.69. The van der Waals surface area contributed by atoms with Crippen LogP contribution >= 0.6 is 11.6 Å². The van der Waals surface area contributed by atoms with Gasteiger partial charge in [-0.25, -0.2) is 4.98 Å². The summed E-state index contributed by atoms with van der Waals surface area (Å²) in [6.07, 6.45) is 1.63. The summed E-state index contributed by atoms with van der Waals surface area (Å²) in [7, 11) is 3.12. The zero-order valence-electron chi connectivity index (χ0n) is 14.7. The van der Waals surface area contributed by atoms with Crippen molar-refractivity contribution in [2.45, 2.75) is 0 Å². The van der Waals surface area contributed by atoms with Crippen molar-refractivity contribution in [1.82, 2.24) is 9.97 Å². The van der Waals surface area contributed by atoms with Gasteiger partial charge >= 0.3 is 0 Å². The van der Waals surface area contributed by atoms with Crippen molar-refractivity contribution in [1.29, 1.82) is 0 Å². The van der Waals surface area contributed by atoms with Crippen LogP contribution in [-0.2, 0) is 0 Å². The fraction of sp³-hybridized carbons (Fsp3) is 0.100. The van der Waals surface area contributed by atoms with Crippen LogP contribution in [-0.4, -0.2) is 24.2 Å². The number of hydrogen-bond acceptors (Lipinski definition) is 5. The van der Waals surface area contributed by atoms with Crippen molar-refractivity contribution in [2.24, 2.45) is 0 Å². The van der Waals surface area contributed by atoms with Crippen molar-refractivity contribution in [2.75, 3.05) is 19.5 Å². The predicted octanol–water partition coefficient (Wildman–Crippen LogP) is 4.49. The Morgan fingerprint density at radius 1 is 1.00 bits per heavy atom. The molecule has 7 heteroatoms. The van der Waals surface area contributed by atoms with Crippen LogP contribution in [0.5, 0.6) is 11.5 Å². The lowest BCUT2D eigenvalue weighted by atomic mass is 10.1. The molecule has 2 aromatic heterocycles. The fourth-order valence-electron chi connectivity index (χ4n) is 3.11. The first kappa shape index (κ1) is 17.2. The summed E-state index contributed by atoms with van der Waals surface area (Å²) < 4.78 is 10.7. The molecule has 0 radical (unpaired) electrons. The Kier molecular flexibility index (Phi) is 4.33. The first-order valence-corrected chi connectivity index (χ1v) is 8.58. The second-order valence-corrected chi connectivity index (χ2v) is 6.30. The van der Waals surface area contributed by atoms with E-state index >= 15 is 0 Å².